The van der Waals surface area contributed by atoms with Gasteiger partial charge in [-0.1, -0.05) is 13.8 Å². The predicted octanol–water partition coefficient (Wildman–Crippen LogP) is 3.45. The van der Waals surface area contributed by atoms with E-state index in [9.17, 15) is 9.59 Å². The fourth-order valence-electron chi connectivity index (χ4n) is 2.97. The van der Waals surface area contributed by atoms with E-state index in [1.54, 1.807) is 12.1 Å². The van der Waals surface area contributed by atoms with Gasteiger partial charge in [0.2, 0.25) is 0 Å². The van der Waals surface area contributed by atoms with Crippen LogP contribution in [0.15, 0.2) is 33.5 Å². The zero-order valence-corrected chi connectivity index (χ0v) is 15.4. The number of hydrogen-bond acceptors (Lipinski definition) is 4. The van der Waals surface area contributed by atoms with Crippen LogP contribution in [0.1, 0.15) is 59.4 Å². The zero-order valence-electron chi connectivity index (χ0n) is 15.4. The van der Waals surface area contributed by atoms with Gasteiger partial charge < -0.3 is 19.5 Å². The molecule has 0 spiro atoms. The van der Waals surface area contributed by atoms with E-state index in [0.29, 0.717) is 23.9 Å². The van der Waals surface area contributed by atoms with E-state index in [4.69, 9.17) is 8.83 Å². The van der Waals surface area contributed by atoms with Crippen molar-refractivity contribution < 1.29 is 18.4 Å². The monoisotopic (exact) mass is 346 g/mol. The van der Waals surface area contributed by atoms with E-state index in [-0.39, 0.29) is 18.4 Å². The predicted molar refractivity (Wildman–Crippen MR) is 94.5 cm³/mol. The van der Waals surface area contributed by atoms with Crippen LogP contribution in [-0.2, 0) is 0 Å². The number of furan rings is 2. The van der Waals surface area contributed by atoms with Crippen molar-refractivity contribution in [1.82, 2.24) is 10.6 Å². The lowest BCUT2D eigenvalue weighted by atomic mass is 9.90. The fraction of sp³-hybridized carbons (Fsp3) is 0.474. The van der Waals surface area contributed by atoms with Crippen molar-refractivity contribution in [2.24, 2.45) is 5.92 Å². The Bertz CT molecular complexity index is 744. The third-order valence-corrected chi connectivity index (χ3v) is 4.05. The molecule has 2 aromatic rings. The molecule has 2 amide bonds. The van der Waals surface area contributed by atoms with Gasteiger partial charge in [0.1, 0.15) is 0 Å². The summed E-state index contributed by atoms with van der Waals surface area (Å²) in [6.07, 6.45) is 3.68. The van der Waals surface area contributed by atoms with Crippen LogP contribution in [0, 0.1) is 19.8 Å². The van der Waals surface area contributed by atoms with Gasteiger partial charge in [-0.05, 0) is 45.2 Å². The van der Waals surface area contributed by atoms with Gasteiger partial charge in [0, 0.05) is 17.7 Å². The Labute approximate surface area is 148 Å². The number of aryl methyl sites for hydroxylation is 2. The lowest BCUT2D eigenvalue weighted by molar-refractivity contribution is 0.0831. The number of carbonyl (C=O) groups is 2. The van der Waals surface area contributed by atoms with E-state index in [2.05, 4.69) is 24.5 Å². The molecule has 25 heavy (non-hydrogen) atoms. The van der Waals surface area contributed by atoms with Crippen LogP contribution in [0.5, 0.6) is 0 Å². The summed E-state index contributed by atoms with van der Waals surface area (Å²) in [6.45, 7) is 9.98. The van der Waals surface area contributed by atoms with Gasteiger partial charge >= 0.3 is 0 Å². The molecule has 0 fully saturated rings. The van der Waals surface area contributed by atoms with Crippen molar-refractivity contribution in [3.05, 3.63) is 47.3 Å². The highest BCUT2D eigenvalue weighted by molar-refractivity contribution is 5.94. The molecule has 0 aliphatic rings. The second-order valence-corrected chi connectivity index (χ2v) is 7.16. The summed E-state index contributed by atoms with van der Waals surface area (Å²) < 4.78 is 10.5. The molecule has 2 heterocycles. The highest BCUT2D eigenvalue weighted by Crippen LogP contribution is 2.19. The lowest BCUT2D eigenvalue weighted by Gasteiger charge is -2.32. The fourth-order valence-corrected chi connectivity index (χ4v) is 2.97. The van der Waals surface area contributed by atoms with Gasteiger partial charge in [0.05, 0.1) is 18.1 Å². The summed E-state index contributed by atoms with van der Waals surface area (Å²) in [4.78, 5) is 24.8. The molecule has 2 rings (SSSR count). The summed E-state index contributed by atoms with van der Waals surface area (Å²) in [6, 6.07) is 3.49. The number of hydrogen-bond donors (Lipinski definition) is 2. The molecule has 1 unspecified atom stereocenters. The summed E-state index contributed by atoms with van der Waals surface area (Å²) in [5, 5.41) is 5.86. The maximum atomic E-state index is 12.5. The Morgan fingerprint density at radius 1 is 1.04 bits per heavy atom. The summed E-state index contributed by atoms with van der Waals surface area (Å²) in [5.74, 6) is 0.350. The van der Waals surface area contributed by atoms with Crippen molar-refractivity contribution in [1.29, 1.82) is 0 Å². The molecule has 136 valence electrons. The van der Waals surface area contributed by atoms with Crippen LogP contribution >= 0.6 is 0 Å². The second kappa shape index (κ2) is 7.59. The SMILES string of the molecule is Cc1ccoc1C(=O)NCC(C)(CC(C)C)NC(=O)c1occc1C. The van der Waals surface area contributed by atoms with Crippen LogP contribution in [0.2, 0.25) is 0 Å². The third kappa shape index (κ3) is 4.75. The largest absolute Gasteiger partial charge is 0.459 e. The summed E-state index contributed by atoms with van der Waals surface area (Å²) >= 11 is 0. The molecule has 0 saturated heterocycles. The van der Waals surface area contributed by atoms with Gasteiger partial charge in [0.25, 0.3) is 11.8 Å². The maximum absolute atomic E-state index is 12.5. The van der Waals surface area contributed by atoms with Gasteiger partial charge in [-0.2, -0.15) is 0 Å². The summed E-state index contributed by atoms with van der Waals surface area (Å²) in [5.41, 5.74) is 0.943. The topological polar surface area (TPSA) is 84.5 Å². The van der Waals surface area contributed by atoms with Crippen molar-refractivity contribution in [2.75, 3.05) is 6.54 Å². The molecule has 6 heteroatoms. The van der Waals surface area contributed by atoms with E-state index in [1.807, 2.05) is 20.8 Å². The molecule has 6 nitrogen and oxygen atoms in total. The highest BCUT2D eigenvalue weighted by atomic mass is 16.3. The number of rotatable bonds is 7. The Balaban J connectivity index is 2.08. The van der Waals surface area contributed by atoms with Gasteiger partial charge in [-0.25, -0.2) is 0 Å². The first-order valence-corrected chi connectivity index (χ1v) is 8.41. The van der Waals surface area contributed by atoms with Gasteiger partial charge in [-0.15, -0.1) is 0 Å². The van der Waals surface area contributed by atoms with E-state index < -0.39 is 5.54 Å². The first kappa shape index (κ1) is 18.8. The first-order chi connectivity index (χ1) is 11.7. The minimum Gasteiger partial charge on any atom is -0.459 e. The van der Waals surface area contributed by atoms with Crippen LogP contribution in [-0.4, -0.2) is 23.9 Å². The molecule has 0 saturated carbocycles. The van der Waals surface area contributed by atoms with Gasteiger partial charge in [-0.3, -0.25) is 9.59 Å². The number of carbonyl (C=O) groups excluding carboxylic acids is 2. The molecular weight excluding hydrogens is 320 g/mol. The molecule has 0 aliphatic heterocycles. The molecule has 2 aromatic heterocycles. The Morgan fingerprint density at radius 3 is 2.00 bits per heavy atom. The van der Waals surface area contributed by atoms with Crippen LogP contribution < -0.4 is 10.6 Å². The average Bonchev–Trinajstić information content (AvgIpc) is 3.12. The van der Waals surface area contributed by atoms with E-state index >= 15 is 0 Å². The number of nitrogens with one attached hydrogen (secondary N) is 2. The first-order valence-electron chi connectivity index (χ1n) is 8.41. The highest BCUT2D eigenvalue weighted by Gasteiger charge is 2.30. The Hall–Kier alpha value is -2.50. The van der Waals surface area contributed by atoms with Crippen molar-refractivity contribution >= 4 is 11.8 Å². The molecule has 0 bridgehead atoms. The molecule has 1 atom stereocenters. The van der Waals surface area contributed by atoms with Gasteiger partial charge in [0.15, 0.2) is 11.5 Å². The summed E-state index contributed by atoms with van der Waals surface area (Å²) in [7, 11) is 0. The van der Waals surface area contributed by atoms with Crippen molar-refractivity contribution in [3.8, 4) is 0 Å². The molecule has 0 radical (unpaired) electrons. The van der Waals surface area contributed by atoms with Crippen LogP contribution in [0.4, 0.5) is 0 Å². The average molecular weight is 346 g/mol. The minimum absolute atomic E-state index is 0.283. The van der Waals surface area contributed by atoms with Crippen molar-refractivity contribution in [3.63, 3.8) is 0 Å². The molecule has 0 aliphatic carbocycles. The van der Waals surface area contributed by atoms with Crippen LogP contribution in [0.3, 0.4) is 0 Å². The lowest BCUT2D eigenvalue weighted by Crippen LogP contribution is -2.54. The quantitative estimate of drug-likeness (QED) is 0.804. The zero-order chi connectivity index (χ0) is 18.6. The standard InChI is InChI=1S/C19H26N2O4/c1-12(2)10-19(5,21-18(23)16-14(4)7-9-25-16)11-20-17(22)15-13(3)6-8-24-15/h6-9,12H,10-11H2,1-5H3,(H,20,22)(H,21,23). The van der Waals surface area contributed by atoms with E-state index in [1.165, 1.54) is 12.5 Å². The third-order valence-electron chi connectivity index (χ3n) is 4.05. The maximum Gasteiger partial charge on any atom is 0.287 e. The molecule has 0 aromatic carbocycles. The smallest absolute Gasteiger partial charge is 0.287 e. The van der Waals surface area contributed by atoms with Crippen molar-refractivity contribution in [2.45, 2.75) is 46.6 Å². The normalized spacial score (nSPS) is 13.5. The second-order valence-electron chi connectivity index (χ2n) is 7.16. The molecule has 2 N–H and O–H groups in total. The Kier molecular flexibility index (Phi) is 5.72. The Morgan fingerprint density at radius 2 is 1.56 bits per heavy atom. The van der Waals surface area contributed by atoms with E-state index in [0.717, 1.165) is 11.1 Å². The minimum atomic E-state index is -0.610. The number of amides is 2. The van der Waals surface area contributed by atoms with Crippen LogP contribution in [0.25, 0.3) is 0 Å². The molecular formula is C19H26N2O4.